The largest absolute Gasteiger partial charge is 0.143 e. The Morgan fingerprint density at radius 1 is 1.18 bits per heavy atom. The summed E-state index contributed by atoms with van der Waals surface area (Å²) in [5.74, 6) is 0.507. The molecule has 0 unspecified atom stereocenters. The zero-order valence-corrected chi connectivity index (χ0v) is 11.3. The Balaban J connectivity index is 2.82. The molecule has 0 aliphatic heterocycles. The number of halogens is 2. The summed E-state index contributed by atoms with van der Waals surface area (Å²) in [5.41, 5.74) is 0. The monoisotopic (exact) mass is 394 g/mol. The van der Waals surface area contributed by atoms with Crippen LogP contribution in [0.5, 0.6) is 0 Å². The van der Waals surface area contributed by atoms with Gasteiger partial charge in [0.15, 0.2) is 0 Å². The van der Waals surface area contributed by atoms with Crippen molar-refractivity contribution in [2.45, 2.75) is 21.7 Å². The van der Waals surface area contributed by atoms with Crippen molar-refractivity contribution in [1.82, 2.24) is 10.2 Å². The minimum atomic E-state index is 0.454. The zero-order chi connectivity index (χ0) is 8.43. The van der Waals surface area contributed by atoms with Gasteiger partial charge in [0, 0.05) is 5.92 Å². The Bertz CT molecular complexity index is 212. The average Bonchev–Trinajstić information content (AvgIpc) is 2.33. The molecule has 1 rings (SSSR count). The third-order valence-corrected chi connectivity index (χ3v) is 4.45. The van der Waals surface area contributed by atoms with Crippen molar-refractivity contribution in [3.05, 3.63) is 10.0 Å². The molecule has 0 fully saturated rings. The van der Waals surface area contributed by atoms with Crippen LogP contribution in [0.2, 0.25) is 0 Å². The fraction of sp³-hybridized carbons (Fsp3) is 0.667. The van der Waals surface area contributed by atoms with E-state index in [0.717, 1.165) is 10.0 Å². The predicted molar refractivity (Wildman–Crippen MR) is 64.8 cm³/mol. The molecule has 2 nitrogen and oxygen atoms in total. The minimum Gasteiger partial charge on any atom is -0.143 e. The molecular formula is C6H8I2N2S. The Kier molecular flexibility index (Phi) is 3.96. The van der Waals surface area contributed by atoms with E-state index in [-0.39, 0.29) is 0 Å². The van der Waals surface area contributed by atoms with Crippen LogP contribution >= 0.6 is 56.5 Å². The van der Waals surface area contributed by atoms with Crippen LogP contribution in [0.3, 0.4) is 0 Å². The highest BCUT2D eigenvalue weighted by molar-refractivity contribution is 14.2. The molecule has 0 saturated heterocycles. The molecule has 0 N–H and O–H groups in total. The number of hydrogen-bond donors (Lipinski definition) is 0. The number of alkyl halides is 2. The fourth-order valence-corrected chi connectivity index (χ4v) is 2.28. The zero-order valence-electron chi connectivity index (χ0n) is 6.21. The first-order valence-electron chi connectivity index (χ1n) is 3.22. The summed E-state index contributed by atoms with van der Waals surface area (Å²) in [7, 11) is 0. The SMILES string of the molecule is CC(C)c1nnc(C(I)I)s1. The molecule has 0 aliphatic rings. The van der Waals surface area contributed by atoms with Crippen LogP contribution in [0, 0.1) is 0 Å². The lowest BCUT2D eigenvalue weighted by Crippen LogP contribution is -1.83. The number of nitrogens with zero attached hydrogens (tertiary/aromatic N) is 2. The quantitative estimate of drug-likeness (QED) is 0.567. The Hall–Kier alpha value is 1.02. The van der Waals surface area contributed by atoms with Crippen LogP contribution in [0.4, 0.5) is 0 Å². The lowest BCUT2D eigenvalue weighted by molar-refractivity contribution is 0.822. The van der Waals surface area contributed by atoms with E-state index in [4.69, 9.17) is 0 Å². The lowest BCUT2D eigenvalue weighted by Gasteiger charge is -1.94. The number of aromatic nitrogens is 2. The third kappa shape index (κ3) is 2.76. The van der Waals surface area contributed by atoms with E-state index in [1.54, 1.807) is 11.3 Å². The van der Waals surface area contributed by atoms with Crippen LogP contribution in [0.15, 0.2) is 0 Å². The highest BCUT2D eigenvalue weighted by Crippen LogP contribution is 2.33. The van der Waals surface area contributed by atoms with Crippen molar-refractivity contribution in [1.29, 1.82) is 0 Å². The van der Waals surface area contributed by atoms with Crippen molar-refractivity contribution >= 4 is 56.5 Å². The summed E-state index contributed by atoms with van der Waals surface area (Å²) in [4.78, 5) is 0. The Morgan fingerprint density at radius 3 is 2.00 bits per heavy atom. The molecule has 0 amide bonds. The van der Waals surface area contributed by atoms with Gasteiger partial charge in [0.05, 0.1) is 0 Å². The van der Waals surface area contributed by atoms with Crippen LogP contribution in [0.1, 0.15) is 31.7 Å². The third-order valence-electron chi connectivity index (χ3n) is 1.14. The Morgan fingerprint density at radius 2 is 1.73 bits per heavy atom. The molecule has 0 aliphatic carbocycles. The molecule has 11 heavy (non-hydrogen) atoms. The van der Waals surface area contributed by atoms with E-state index in [1.807, 2.05) is 0 Å². The summed E-state index contributed by atoms with van der Waals surface area (Å²) in [6.45, 7) is 4.28. The topological polar surface area (TPSA) is 25.8 Å². The molecule has 0 saturated carbocycles. The maximum absolute atomic E-state index is 4.10. The average molecular weight is 394 g/mol. The summed E-state index contributed by atoms with van der Waals surface area (Å²) in [5, 5.41) is 10.4. The molecule has 1 heterocycles. The first-order valence-corrected chi connectivity index (χ1v) is 6.53. The standard InChI is InChI=1S/C6H8I2N2S/c1-3(2)5-9-10-6(11-5)4(7)8/h3-4H,1-2H3. The van der Waals surface area contributed by atoms with Gasteiger partial charge < -0.3 is 0 Å². The van der Waals surface area contributed by atoms with Crippen LogP contribution in [-0.4, -0.2) is 10.2 Å². The molecule has 0 spiro atoms. The van der Waals surface area contributed by atoms with Gasteiger partial charge in [0.2, 0.25) is 0 Å². The first-order chi connectivity index (χ1) is 5.11. The van der Waals surface area contributed by atoms with Crippen LogP contribution in [-0.2, 0) is 0 Å². The molecule has 1 aromatic rings. The normalized spacial score (nSPS) is 11.5. The van der Waals surface area contributed by atoms with Gasteiger partial charge in [-0.25, -0.2) is 0 Å². The minimum absolute atomic E-state index is 0.454. The number of hydrogen-bond acceptors (Lipinski definition) is 3. The van der Waals surface area contributed by atoms with Gasteiger partial charge >= 0.3 is 0 Å². The van der Waals surface area contributed by atoms with E-state index < -0.39 is 0 Å². The van der Waals surface area contributed by atoms with Gasteiger partial charge in [-0.15, -0.1) is 10.2 Å². The maximum atomic E-state index is 4.10. The predicted octanol–water partition coefficient (Wildman–Crippen LogP) is 3.53. The van der Waals surface area contributed by atoms with E-state index in [1.165, 1.54) is 0 Å². The van der Waals surface area contributed by atoms with E-state index in [9.17, 15) is 0 Å². The van der Waals surface area contributed by atoms with Gasteiger partial charge in [-0.05, 0) is 0 Å². The second-order valence-corrected chi connectivity index (χ2v) is 8.35. The molecule has 1 aromatic heterocycles. The molecule has 0 atom stereocenters. The van der Waals surface area contributed by atoms with Crippen LogP contribution in [0.25, 0.3) is 0 Å². The highest BCUT2D eigenvalue weighted by Gasteiger charge is 2.11. The van der Waals surface area contributed by atoms with E-state index in [2.05, 4.69) is 69.2 Å². The lowest BCUT2D eigenvalue weighted by atomic mass is 10.2. The molecule has 0 radical (unpaired) electrons. The second kappa shape index (κ2) is 4.31. The van der Waals surface area contributed by atoms with Gasteiger partial charge in [0.1, 0.15) is 11.9 Å². The summed E-state index contributed by atoms with van der Waals surface area (Å²) >= 11 is 6.39. The maximum Gasteiger partial charge on any atom is 0.140 e. The smallest absolute Gasteiger partial charge is 0.140 e. The second-order valence-electron chi connectivity index (χ2n) is 2.43. The first kappa shape index (κ1) is 10.1. The van der Waals surface area contributed by atoms with Crippen molar-refractivity contribution in [2.75, 3.05) is 0 Å². The summed E-state index contributed by atoms with van der Waals surface area (Å²) in [6.07, 6.45) is 0. The molecule has 62 valence electrons. The number of rotatable bonds is 2. The van der Waals surface area contributed by atoms with Crippen molar-refractivity contribution in [3.8, 4) is 0 Å². The van der Waals surface area contributed by atoms with Gasteiger partial charge in [-0.3, -0.25) is 0 Å². The van der Waals surface area contributed by atoms with Crippen molar-refractivity contribution < 1.29 is 0 Å². The van der Waals surface area contributed by atoms with E-state index >= 15 is 0 Å². The van der Waals surface area contributed by atoms with Gasteiger partial charge in [-0.2, -0.15) is 0 Å². The fourth-order valence-electron chi connectivity index (χ4n) is 0.568. The van der Waals surface area contributed by atoms with Crippen molar-refractivity contribution in [2.24, 2.45) is 0 Å². The molecular weight excluding hydrogens is 386 g/mol. The van der Waals surface area contributed by atoms with Crippen molar-refractivity contribution in [3.63, 3.8) is 0 Å². The molecule has 5 heteroatoms. The van der Waals surface area contributed by atoms with Crippen LogP contribution < -0.4 is 0 Å². The molecule has 0 bridgehead atoms. The van der Waals surface area contributed by atoms with Gasteiger partial charge in [-0.1, -0.05) is 70.4 Å². The van der Waals surface area contributed by atoms with Gasteiger partial charge in [0.25, 0.3) is 0 Å². The summed E-state index contributed by atoms with van der Waals surface area (Å²) < 4.78 is 0.454. The summed E-state index contributed by atoms with van der Waals surface area (Å²) in [6, 6.07) is 0. The Labute approximate surface area is 97.5 Å². The molecule has 0 aromatic carbocycles. The van der Waals surface area contributed by atoms with E-state index in [0.29, 0.717) is 7.85 Å². The highest BCUT2D eigenvalue weighted by atomic mass is 127.